The van der Waals surface area contributed by atoms with Crippen LogP contribution in [0, 0.1) is 35.5 Å². The molecule has 0 aromatic carbocycles. The predicted molar refractivity (Wildman–Crippen MR) is 117 cm³/mol. The zero-order chi connectivity index (χ0) is 29.7. The van der Waals surface area contributed by atoms with Crippen molar-refractivity contribution in [3.05, 3.63) is 0 Å². The van der Waals surface area contributed by atoms with E-state index in [-0.39, 0.29) is 17.1 Å². The van der Waals surface area contributed by atoms with E-state index in [0.717, 1.165) is 0 Å². The van der Waals surface area contributed by atoms with Crippen LogP contribution in [0.1, 0.15) is 62.3 Å². The van der Waals surface area contributed by atoms with Crippen molar-refractivity contribution < 1.29 is 75.5 Å². The molecule has 0 aliphatic rings. The normalized spacial score (nSPS) is 12.3. The largest absolute Gasteiger partial charge is 3.00 e. The number of carboxylic acids is 3. The zero-order valence-corrected chi connectivity index (χ0v) is 23.3. The van der Waals surface area contributed by atoms with Crippen molar-refractivity contribution in [1.82, 2.24) is 0 Å². The van der Waals surface area contributed by atoms with Gasteiger partial charge in [0.05, 0.1) is 17.8 Å². The summed E-state index contributed by atoms with van der Waals surface area (Å²) in [7, 11) is 0. The van der Waals surface area contributed by atoms with Gasteiger partial charge in [0, 0.05) is 35.7 Å². The van der Waals surface area contributed by atoms with E-state index >= 15 is 0 Å². The molecule has 0 fully saturated rings. The minimum Gasteiger partial charge on any atom is -0.550 e. The fourth-order valence-electron chi connectivity index (χ4n) is 3.38. The van der Waals surface area contributed by atoms with Crippen molar-refractivity contribution in [3.63, 3.8) is 0 Å². The Morgan fingerprint density at radius 1 is 0.378 bits per heavy atom. The van der Waals surface area contributed by atoms with Crippen LogP contribution in [0.3, 0.4) is 0 Å². The minimum absolute atomic E-state index is 0. The molecule has 0 heterocycles. The minimum atomic E-state index is -1.37. The zero-order valence-electron chi connectivity index (χ0n) is 22.2. The van der Waals surface area contributed by atoms with Crippen LogP contribution >= 0.6 is 0 Å². The van der Waals surface area contributed by atoms with Crippen LogP contribution in [-0.2, 0) is 60.2 Å². The van der Waals surface area contributed by atoms with E-state index in [1.807, 2.05) is 0 Å². The second-order valence-corrected chi connectivity index (χ2v) is 8.42. The van der Waals surface area contributed by atoms with E-state index in [9.17, 15) is 58.5 Å². The molecule has 3 unspecified atom stereocenters. The summed E-state index contributed by atoms with van der Waals surface area (Å²) >= 11 is 0. The van der Waals surface area contributed by atoms with Gasteiger partial charge in [-0.05, 0) is 41.5 Å². The smallest absolute Gasteiger partial charge is 0.550 e. The summed E-state index contributed by atoms with van der Waals surface area (Å²) in [4.78, 5) is 95.9. The Bertz CT molecular complexity index is 736. The maximum Gasteiger partial charge on any atom is 3.00 e. The summed E-state index contributed by atoms with van der Waals surface area (Å²) in [5, 5.41) is 31.0. The van der Waals surface area contributed by atoms with Gasteiger partial charge in [0.1, 0.15) is 34.7 Å². The number of ketones is 6. The van der Waals surface area contributed by atoms with E-state index in [4.69, 9.17) is 0 Å². The first-order valence-corrected chi connectivity index (χ1v) is 10.8. The molecular formula is C24H33FeO12. The molecule has 0 N–H and O–H groups in total. The molecule has 0 saturated heterocycles. The summed E-state index contributed by atoms with van der Waals surface area (Å²) < 4.78 is 0. The Labute approximate surface area is 226 Å². The summed E-state index contributed by atoms with van der Waals surface area (Å²) in [5.41, 5.74) is 0. The number of aliphatic carboxylic acids is 3. The number of rotatable bonds is 12. The second-order valence-electron chi connectivity index (χ2n) is 8.42. The Morgan fingerprint density at radius 2 is 0.486 bits per heavy atom. The van der Waals surface area contributed by atoms with Gasteiger partial charge in [-0.25, -0.2) is 0 Å². The van der Waals surface area contributed by atoms with Crippen molar-refractivity contribution in [2.45, 2.75) is 62.3 Å². The van der Waals surface area contributed by atoms with E-state index in [2.05, 4.69) is 0 Å². The molecule has 13 heteroatoms. The fourth-order valence-corrected chi connectivity index (χ4v) is 3.38. The quantitative estimate of drug-likeness (QED) is 0.176. The second kappa shape index (κ2) is 19.1. The molecule has 1 radical (unpaired) electrons. The van der Waals surface area contributed by atoms with E-state index in [1.165, 1.54) is 62.3 Å². The van der Waals surface area contributed by atoms with Crippen LogP contribution in [0.2, 0.25) is 0 Å². The van der Waals surface area contributed by atoms with Gasteiger partial charge >= 0.3 is 17.1 Å². The molecule has 12 nitrogen and oxygen atoms in total. The van der Waals surface area contributed by atoms with Crippen LogP contribution in [0.25, 0.3) is 0 Å². The Kier molecular flexibility index (Phi) is 21.2. The first-order valence-electron chi connectivity index (χ1n) is 10.8. The van der Waals surface area contributed by atoms with Gasteiger partial charge in [-0.15, -0.1) is 0 Å². The molecule has 0 saturated carbocycles. The predicted octanol–water partition coefficient (Wildman–Crippen LogP) is -2.50. The van der Waals surface area contributed by atoms with E-state index < -0.39 is 88.1 Å². The summed E-state index contributed by atoms with van der Waals surface area (Å²) in [6.07, 6.45) is 0. The van der Waals surface area contributed by atoms with Crippen molar-refractivity contribution in [1.29, 1.82) is 0 Å². The molecule has 0 spiro atoms. The number of hydrogen-bond donors (Lipinski definition) is 0. The maximum atomic E-state index is 10.8. The monoisotopic (exact) mass is 569 g/mol. The number of carboxylic acid groups (broad SMARTS) is 3. The molecule has 0 aliphatic heterocycles. The average Bonchev–Trinajstić information content (AvgIpc) is 2.66. The molecule has 37 heavy (non-hydrogen) atoms. The van der Waals surface area contributed by atoms with Gasteiger partial charge in [-0.2, -0.15) is 0 Å². The third-order valence-corrected chi connectivity index (χ3v) is 5.24. The van der Waals surface area contributed by atoms with Crippen molar-refractivity contribution >= 4 is 52.6 Å². The Hall–Kier alpha value is -3.05. The third-order valence-electron chi connectivity index (χ3n) is 5.24. The van der Waals surface area contributed by atoms with Gasteiger partial charge in [0.15, 0.2) is 0 Å². The van der Waals surface area contributed by atoms with E-state index in [1.54, 1.807) is 0 Å². The maximum absolute atomic E-state index is 10.8. The molecule has 0 aromatic heterocycles. The van der Waals surface area contributed by atoms with Crippen molar-refractivity contribution in [2.24, 2.45) is 35.5 Å². The van der Waals surface area contributed by atoms with Gasteiger partial charge < -0.3 is 29.7 Å². The summed E-state index contributed by atoms with van der Waals surface area (Å²) in [6.45, 7) is 11.1. The number of carbonyl (C=O) groups excluding carboxylic acids is 9. The topological polar surface area (TPSA) is 223 Å². The van der Waals surface area contributed by atoms with Gasteiger partial charge in [-0.1, -0.05) is 20.8 Å². The molecule has 0 aromatic rings. The molecular weight excluding hydrogens is 536 g/mol. The first kappa shape index (κ1) is 41.1. The molecule has 0 rings (SSSR count). The Balaban J connectivity index is -0.000000218. The van der Waals surface area contributed by atoms with Crippen LogP contribution < -0.4 is 15.3 Å². The molecule has 0 aliphatic carbocycles. The molecule has 3 atom stereocenters. The number of carbonyl (C=O) groups is 9. The van der Waals surface area contributed by atoms with Gasteiger partial charge in [-0.3, -0.25) is 28.8 Å². The van der Waals surface area contributed by atoms with Crippen LogP contribution in [0.5, 0.6) is 0 Å². The molecule has 0 bridgehead atoms. The van der Waals surface area contributed by atoms with Crippen LogP contribution in [0.4, 0.5) is 0 Å². The van der Waals surface area contributed by atoms with E-state index in [0.29, 0.717) is 0 Å². The van der Waals surface area contributed by atoms with Crippen LogP contribution in [0.15, 0.2) is 0 Å². The third kappa shape index (κ3) is 15.6. The van der Waals surface area contributed by atoms with Crippen molar-refractivity contribution in [3.8, 4) is 0 Å². The van der Waals surface area contributed by atoms with Gasteiger partial charge in [0.25, 0.3) is 0 Å². The summed E-state index contributed by atoms with van der Waals surface area (Å²) in [5.74, 6) is -13.0. The molecule has 209 valence electrons. The molecule has 0 amide bonds. The average molecular weight is 569 g/mol. The fraction of sp³-hybridized carbons (Fsp3) is 0.625. The number of Topliss-reactive ketones (excluding diaryl/α,β-unsaturated/α-hetero) is 6. The van der Waals surface area contributed by atoms with Crippen molar-refractivity contribution in [2.75, 3.05) is 0 Å². The first-order chi connectivity index (χ1) is 16.1. The Morgan fingerprint density at radius 3 is 0.514 bits per heavy atom. The SMILES string of the molecule is CC(=O)C(C(C)=O)C(C)C(=O)[O-].CC(=O)C(C(C)=O)C(C)C(=O)[O-].CC(=O)C(C(C)=O)C(C)C(=O)[O-].[Fe+3]. The van der Waals surface area contributed by atoms with Gasteiger partial charge in [0.2, 0.25) is 0 Å². The number of hydrogen-bond acceptors (Lipinski definition) is 12. The van der Waals surface area contributed by atoms with Crippen LogP contribution in [-0.4, -0.2) is 52.6 Å². The standard InChI is InChI=1S/3C8H12O4.Fe/c3*1-4(8(11)12)7(5(2)9)6(3)10;/h3*4,7H,1-3H3,(H,11,12);/q;;;+3/p-3. The summed E-state index contributed by atoms with van der Waals surface area (Å²) in [6, 6.07) is 0.